The number of hydrogen-bond donors (Lipinski definition) is 1. The van der Waals surface area contributed by atoms with Gasteiger partial charge in [-0.1, -0.05) is 60.7 Å². The maximum absolute atomic E-state index is 11.8. The quantitative estimate of drug-likeness (QED) is 0.368. The van der Waals surface area contributed by atoms with E-state index >= 15 is 0 Å². The van der Waals surface area contributed by atoms with E-state index in [2.05, 4.69) is 5.32 Å². The fraction of sp³-hybridized carbons (Fsp3) is 0.118. The highest BCUT2D eigenvalue weighted by Crippen LogP contribution is 2.05. The van der Waals surface area contributed by atoms with Crippen molar-refractivity contribution in [1.29, 1.82) is 0 Å². The fourth-order valence-electron chi connectivity index (χ4n) is 1.84. The van der Waals surface area contributed by atoms with Gasteiger partial charge in [-0.15, -0.1) is 0 Å². The van der Waals surface area contributed by atoms with Crippen molar-refractivity contribution in [1.82, 2.24) is 5.32 Å². The van der Waals surface area contributed by atoms with Crippen LogP contribution in [0.1, 0.15) is 11.1 Å². The molecule has 0 aliphatic heterocycles. The number of hydrogen-bond acceptors (Lipinski definition) is 5. The van der Waals surface area contributed by atoms with Crippen LogP contribution >= 0.6 is 0 Å². The highest BCUT2D eigenvalue weighted by molar-refractivity contribution is 5.85. The third-order valence-corrected chi connectivity index (χ3v) is 3.01. The Morgan fingerprint density at radius 1 is 1.04 bits per heavy atom. The van der Waals surface area contributed by atoms with Gasteiger partial charge in [-0.05, 0) is 11.1 Å². The van der Waals surface area contributed by atoms with Crippen molar-refractivity contribution >= 4 is 5.97 Å². The number of carbonyl (C=O) groups is 1. The molecule has 0 bridgehead atoms. The van der Waals surface area contributed by atoms with Crippen LogP contribution in [0.2, 0.25) is 0 Å². The molecule has 2 rings (SSSR count). The SMILES string of the molecule is O=C(OCc1ccccc1)C(=CNCc1ccccc1)[N+](=O)[O-]. The van der Waals surface area contributed by atoms with Gasteiger partial charge in [-0.2, -0.15) is 0 Å². The Kier molecular flexibility index (Phi) is 5.88. The maximum atomic E-state index is 11.8. The number of ether oxygens (including phenoxy) is 1. The van der Waals surface area contributed by atoms with E-state index in [1.165, 1.54) is 0 Å². The number of nitrogens with zero attached hydrogens (tertiary/aromatic N) is 1. The number of benzene rings is 2. The van der Waals surface area contributed by atoms with Crippen LogP contribution in [-0.4, -0.2) is 10.9 Å². The monoisotopic (exact) mass is 312 g/mol. The van der Waals surface area contributed by atoms with Crippen molar-refractivity contribution in [3.63, 3.8) is 0 Å². The Labute approximate surface area is 133 Å². The fourth-order valence-corrected chi connectivity index (χ4v) is 1.84. The third-order valence-electron chi connectivity index (χ3n) is 3.01. The predicted octanol–water partition coefficient (Wildman–Crippen LogP) is 2.64. The summed E-state index contributed by atoms with van der Waals surface area (Å²) in [5.74, 6) is -0.973. The van der Waals surface area contributed by atoms with E-state index in [-0.39, 0.29) is 6.61 Å². The topological polar surface area (TPSA) is 81.5 Å². The minimum Gasteiger partial charge on any atom is -0.453 e. The second-order valence-corrected chi connectivity index (χ2v) is 4.71. The lowest BCUT2D eigenvalue weighted by molar-refractivity contribution is -0.421. The van der Waals surface area contributed by atoms with Crippen molar-refractivity contribution in [3.05, 3.63) is 93.8 Å². The number of rotatable bonds is 7. The maximum Gasteiger partial charge on any atom is 0.411 e. The Morgan fingerprint density at radius 2 is 1.61 bits per heavy atom. The lowest BCUT2D eigenvalue weighted by Gasteiger charge is -2.04. The van der Waals surface area contributed by atoms with E-state index in [4.69, 9.17) is 4.74 Å². The summed E-state index contributed by atoms with van der Waals surface area (Å²) in [5.41, 5.74) is 1.08. The van der Waals surface area contributed by atoms with Gasteiger partial charge in [0.15, 0.2) is 0 Å². The molecule has 0 aliphatic carbocycles. The van der Waals surface area contributed by atoms with Gasteiger partial charge in [-0.3, -0.25) is 10.1 Å². The number of carbonyl (C=O) groups excluding carboxylic acids is 1. The van der Waals surface area contributed by atoms with Crippen molar-refractivity contribution in [2.45, 2.75) is 13.2 Å². The molecule has 0 saturated carbocycles. The van der Waals surface area contributed by atoms with Gasteiger partial charge in [0.05, 0.1) is 11.1 Å². The molecule has 6 nitrogen and oxygen atoms in total. The lowest BCUT2D eigenvalue weighted by atomic mass is 10.2. The number of nitro groups is 1. The van der Waals surface area contributed by atoms with Gasteiger partial charge in [-0.25, -0.2) is 4.79 Å². The molecule has 0 atom stereocenters. The van der Waals surface area contributed by atoms with E-state index in [0.717, 1.165) is 17.3 Å². The molecule has 0 amide bonds. The molecule has 0 radical (unpaired) electrons. The van der Waals surface area contributed by atoms with Crippen molar-refractivity contribution in [2.24, 2.45) is 0 Å². The van der Waals surface area contributed by atoms with Gasteiger partial charge in [0.2, 0.25) is 0 Å². The van der Waals surface area contributed by atoms with Crippen LogP contribution in [0.3, 0.4) is 0 Å². The van der Waals surface area contributed by atoms with E-state index in [9.17, 15) is 14.9 Å². The summed E-state index contributed by atoms with van der Waals surface area (Å²) in [7, 11) is 0. The average molecular weight is 312 g/mol. The highest BCUT2D eigenvalue weighted by Gasteiger charge is 2.23. The minimum atomic E-state index is -0.973. The Balaban J connectivity index is 1.92. The van der Waals surface area contributed by atoms with Gasteiger partial charge in [0.1, 0.15) is 6.61 Å². The molecule has 2 aromatic carbocycles. The van der Waals surface area contributed by atoms with Crippen LogP contribution < -0.4 is 5.32 Å². The molecule has 0 aromatic heterocycles. The number of esters is 1. The first kappa shape index (κ1) is 16.2. The molecule has 0 spiro atoms. The Bertz CT molecular complexity index is 684. The van der Waals surface area contributed by atoms with E-state index in [1.807, 2.05) is 36.4 Å². The summed E-state index contributed by atoms with van der Waals surface area (Å²) in [5, 5.41) is 13.7. The molecule has 23 heavy (non-hydrogen) atoms. The van der Waals surface area contributed by atoms with Crippen LogP contribution in [0.5, 0.6) is 0 Å². The zero-order chi connectivity index (χ0) is 16.5. The molecule has 0 aliphatic rings. The summed E-state index contributed by atoms with van der Waals surface area (Å²) in [6, 6.07) is 18.3. The molecule has 118 valence electrons. The summed E-state index contributed by atoms with van der Waals surface area (Å²) >= 11 is 0. The highest BCUT2D eigenvalue weighted by atomic mass is 16.6. The van der Waals surface area contributed by atoms with E-state index in [1.54, 1.807) is 24.3 Å². The van der Waals surface area contributed by atoms with Crippen LogP contribution in [-0.2, 0) is 22.7 Å². The smallest absolute Gasteiger partial charge is 0.411 e. The summed E-state index contributed by atoms with van der Waals surface area (Å²) in [6.07, 6.45) is 1.07. The zero-order valence-corrected chi connectivity index (χ0v) is 12.3. The van der Waals surface area contributed by atoms with Crippen molar-refractivity contribution in [2.75, 3.05) is 0 Å². The van der Waals surface area contributed by atoms with E-state index in [0.29, 0.717) is 6.54 Å². The Morgan fingerprint density at radius 3 is 2.17 bits per heavy atom. The Hall–Kier alpha value is -3.15. The minimum absolute atomic E-state index is 0.0104. The zero-order valence-electron chi connectivity index (χ0n) is 12.3. The van der Waals surface area contributed by atoms with Gasteiger partial charge in [0.25, 0.3) is 0 Å². The van der Waals surface area contributed by atoms with Crippen LogP contribution in [0.15, 0.2) is 72.6 Å². The first-order valence-corrected chi connectivity index (χ1v) is 7.00. The largest absolute Gasteiger partial charge is 0.453 e. The molecule has 0 unspecified atom stereocenters. The normalized spacial score (nSPS) is 10.9. The van der Waals surface area contributed by atoms with Gasteiger partial charge in [0, 0.05) is 6.54 Å². The van der Waals surface area contributed by atoms with E-state index < -0.39 is 16.6 Å². The van der Waals surface area contributed by atoms with Crippen molar-refractivity contribution in [3.8, 4) is 0 Å². The number of nitrogens with one attached hydrogen (secondary N) is 1. The second kappa shape index (κ2) is 8.33. The molecule has 0 fully saturated rings. The van der Waals surface area contributed by atoms with Crippen LogP contribution in [0, 0.1) is 10.1 Å². The molecular weight excluding hydrogens is 296 g/mol. The van der Waals surface area contributed by atoms with Crippen LogP contribution in [0.25, 0.3) is 0 Å². The lowest BCUT2D eigenvalue weighted by Crippen LogP contribution is -2.18. The first-order valence-electron chi connectivity index (χ1n) is 7.00. The summed E-state index contributed by atoms with van der Waals surface area (Å²) in [4.78, 5) is 22.1. The molecule has 2 aromatic rings. The molecule has 6 heteroatoms. The van der Waals surface area contributed by atoms with Gasteiger partial charge < -0.3 is 10.1 Å². The average Bonchev–Trinajstić information content (AvgIpc) is 2.58. The van der Waals surface area contributed by atoms with Crippen molar-refractivity contribution < 1.29 is 14.5 Å². The second-order valence-electron chi connectivity index (χ2n) is 4.71. The molecular formula is C17H16N2O4. The summed E-state index contributed by atoms with van der Waals surface area (Å²) < 4.78 is 4.97. The molecule has 0 saturated heterocycles. The first-order chi connectivity index (χ1) is 11.2. The summed E-state index contributed by atoms with van der Waals surface area (Å²) in [6.45, 7) is 0.369. The predicted molar refractivity (Wildman–Crippen MR) is 84.6 cm³/mol. The van der Waals surface area contributed by atoms with Crippen LogP contribution in [0.4, 0.5) is 0 Å². The standard InChI is InChI=1S/C17H16N2O4/c20-17(23-13-15-9-5-2-6-10-15)16(19(21)22)12-18-11-14-7-3-1-4-8-14/h1-10,12,18H,11,13H2. The van der Waals surface area contributed by atoms with Gasteiger partial charge >= 0.3 is 11.7 Å². The molecule has 1 N–H and O–H groups in total. The third kappa shape index (κ3) is 5.28. The molecule has 0 heterocycles.